The highest BCUT2D eigenvalue weighted by Crippen LogP contribution is 2.33. The van der Waals surface area contributed by atoms with E-state index >= 15 is 0 Å². The SMILES string of the molecule is COc1cc(/C=N\NC(=O)COc2ccc(C)c(C)c2)c([N+](=O)[O-])cc1OC. The quantitative estimate of drug-likeness (QED) is 0.423. The first-order chi connectivity index (χ1) is 13.3. The maximum absolute atomic E-state index is 11.9. The van der Waals surface area contributed by atoms with Crippen molar-refractivity contribution in [2.75, 3.05) is 20.8 Å². The smallest absolute Gasteiger partial charge is 0.282 e. The minimum absolute atomic E-state index is 0.151. The van der Waals surface area contributed by atoms with Gasteiger partial charge >= 0.3 is 0 Å². The number of hydrogen-bond acceptors (Lipinski definition) is 7. The number of hydrazone groups is 1. The van der Waals surface area contributed by atoms with Gasteiger partial charge in [-0.3, -0.25) is 14.9 Å². The molecule has 0 saturated heterocycles. The lowest BCUT2D eigenvalue weighted by Gasteiger charge is -2.09. The van der Waals surface area contributed by atoms with Gasteiger partial charge in [-0.05, 0) is 43.2 Å². The number of amides is 1. The Morgan fingerprint density at radius 2 is 1.82 bits per heavy atom. The number of benzene rings is 2. The lowest BCUT2D eigenvalue weighted by molar-refractivity contribution is -0.385. The third-order valence-corrected chi connectivity index (χ3v) is 3.97. The van der Waals surface area contributed by atoms with Gasteiger partial charge in [0.1, 0.15) is 5.75 Å². The molecule has 2 rings (SSSR count). The summed E-state index contributed by atoms with van der Waals surface area (Å²) in [5.74, 6) is 0.589. The molecule has 0 unspecified atom stereocenters. The molecule has 1 N–H and O–H groups in total. The summed E-state index contributed by atoms with van der Waals surface area (Å²) in [6.45, 7) is 3.68. The number of ether oxygens (including phenoxy) is 3. The van der Waals surface area contributed by atoms with Crippen LogP contribution in [-0.4, -0.2) is 37.9 Å². The van der Waals surface area contributed by atoms with Crippen molar-refractivity contribution in [3.8, 4) is 17.2 Å². The number of methoxy groups -OCH3 is 2. The Labute approximate surface area is 162 Å². The van der Waals surface area contributed by atoms with E-state index in [9.17, 15) is 14.9 Å². The molecule has 0 aliphatic heterocycles. The van der Waals surface area contributed by atoms with E-state index in [2.05, 4.69) is 10.5 Å². The molecule has 0 aromatic heterocycles. The minimum atomic E-state index is -0.575. The fourth-order valence-electron chi connectivity index (χ4n) is 2.30. The number of carbonyl (C=O) groups is 1. The van der Waals surface area contributed by atoms with Crippen LogP contribution < -0.4 is 19.6 Å². The molecular formula is C19H21N3O6. The second kappa shape index (κ2) is 9.36. The van der Waals surface area contributed by atoms with Crippen molar-refractivity contribution in [2.45, 2.75) is 13.8 Å². The summed E-state index contributed by atoms with van der Waals surface area (Å²) >= 11 is 0. The Kier molecular flexibility index (Phi) is 6.91. The number of nitro groups is 1. The summed E-state index contributed by atoms with van der Waals surface area (Å²) in [4.78, 5) is 22.5. The zero-order valence-corrected chi connectivity index (χ0v) is 16.0. The van der Waals surface area contributed by atoms with Crippen LogP contribution in [0, 0.1) is 24.0 Å². The monoisotopic (exact) mass is 387 g/mol. The fourth-order valence-corrected chi connectivity index (χ4v) is 2.30. The standard InChI is InChI=1S/C19H21N3O6/c1-12-5-6-15(7-13(12)2)28-11-19(23)21-20-10-14-8-17(26-3)18(27-4)9-16(14)22(24)25/h5-10H,11H2,1-4H3,(H,21,23)/b20-10-. The van der Waals surface area contributed by atoms with Crippen molar-refractivity contribution in [1.29, 1.82) is 0 Å². The van der Waals surface area contributed by atoms with E-state index in [1.165, 1.54) is 26.4 Å². The number of rotatable bonds is 8. The van der Waals surface area contributed by atoms with Gasteiger partial charge in [-0.25, -0.2) is 5.43 Å². The van der Waals surface area contributed by atoms with Gasteiger partial charge in [0.05, 0.1) is 37.0 Å². The first-order valence-electron chi connectivity index (χ1n) is 8.28. The number of nitrogens with one attached hydrogen (secondary N) is 1. The van der Waals surface area contributed by atoms with Crippen LogP contribution in [0.4, 0.5) is 5.69 Å². The molecule has 0 atom stereocenters. The molecule has 148 valence electrons. The van der Waals surface area contributed by atoms with Gasteiger partial charge < -0.3 is 14.2 Å². The number of hydrogen-bond donors (Lipinski definition) is 1. The number of carbonyl (C=O) groups excluding carboxylic acids is 1. The van der Waals surface area contributed by atoms with E-state index in [0.29, 0.717) is 11.5 Å². The Hall–Kier alpha value is -3.62. The molecule has 0 radical (unpaired) electrons. The highest BCUT2D eigenvalue weighted by molar-refractivity contribution is 5.88. The van der Waals surface area contributed by atoms with E-state index < -0.39 is 10.8 Å². The molecule has 9 heteroatoms. The van der Waals surface area contributed by atoms with E-state index in [0.717, 1.165) is 17.3 Å². The topological polar surface area (TPSA) is 112 Å². The largest absolute Gasteiger partial charge is 0.493 e. The van der Waals surface area contributed by atoms with Crippen molar-refractivity contribution in [1.82, 2.24) is 5.43 Å². The van der Waals surface area contributed by atoms with Crippen molar-refractivity contribution in [3.05, 3.63) is 57.1 Å². The molecular weight excluding hydrogens is 366 g/mol. The van der Waals surface area contributed by atoms with Crippen LogP contribution >= 0.6 is 0 Å². The highest BCUT2D eigenvalue weighted by Gasteiger charge is 2.18. The molecule has 9 nitrogen and oxygen atoms in total. The molecule has 0 bridgehead atoms. The minimum Gasteiger partial charge on any atom is -0.493 e. The average molecular weight is 387 g/mol. The van der Waals surface area contributed by atoms with Gasteiger partial charge in [0.15, 0.2) is 18.1 Å². The maximum Gasteiger partial charge on any atom is 0.282 e. The van der Waals surface area contributed by atoms with Crippen LogP contribution in [0.5, 0.6) is 17.2 Å². The molecule has 1 amide bonds. The van der Waals surface area contributed by atoms with Crippen LogP contribution in [0.25, 0.3) is 0 Å². The highest BCUT2D eigenvalue weighted by atomic mass is 16.6. The van der Waals surface area contributed by atoms with Crippen LogP contribution in [-0.2, 0) is 4.79 Å². The average Bonchev–Trinajstić information content (AvgIpc) is 2.68. The van der Waals surface area contributed by atoms with Crippen molar-refractivity contribution < 1.29 is 23.9 Å². The predicted octanol–water partition coefficient (Wildman–Crippen LogP) is 2.76. The zero-order valence-electron chi connectivity index (χ0n) is 16.0. The van der Waals surface area contributed by atoms with E-state index in [1.807, 2.05) is 26.0 Å². The number of nitrogens with zero attached hydrogens (tertiary/aromatic N) is 2. The number of nitro benzene ring substituents is 1. The summed E-state index contributed by atoms with van der Waals surface area (Å²) < 4.78 is 15.6. The van der Waals surface area contributed by atoms with Crippen molar-refractivity contribution >= 4 is 17.8 Å². The van der Waals surface area contributed by atoms with Crippen molar-refractivity contribution in [2.24, 2.45) is 5.10 Å². The van der Waals surface area contributed by atoms with Gasteiger partial charge in [-0.2, -0.15) is 5.10 Å². The summed E-state index contributed by atoms with van der Waals surface area (Å²) in [5, 5.41) is 15.0. The van der Waals surface area contributed by atoms with E-state index in [1.54, 1.807) is 6.07 Å². The van der Waals surface area contributed by atoms with E-state index in [4.69, 9.17) is 14.2 Å². The lowest BCUT2D eigenvalue weighted by Crippen LogP contribution is -2.24. The van der Waals surface area contributed by atoms with Crippen LogP contribution in [0.2, 0.25) is 0 Å². The molecule has 0 saturated carbocycles. The molecule has 0 fully saturated rings. The third-order valence-electron chi connectivity index (χ3n) is 3.97. The molecule has 2 aromatic carbocycles. The Morgan fingerprint density at radius 1 is 1.14 bits per heavy atom. The fraction of sp³-hybridized carbons (Fsp3) is 0.263. The first kappa shape index (κ1) is 20.7. The maximum atomic E-state index is 11.9. The molecule has 0 aliphatic rings. The molecule has 2 aromatic rings. The Bertz CT molecular complexity index is 911. The summed E-state index contributed by atoms with van der Waals surface area (Å²) in [7, 11) is 2.79. The zero-order chi connectivity index (χ0) is 20.7. The van der Waals surface area contributed by atoms with E-state index in [-0.39, 0.29) is 23.6 Å². The van der Waals surface area contributed by atoms with Gasteiger partial charge in [0.2, 0.25) is 0 Å². The third kappa shape index (κ3) is 5.19. The van der Waals surface area contributed by atoms with Gasteiger partial charge in [0.25, 0.3) is 11.6 Å². The lowest BCUT2D eigenvalue weighted by atomic mass is 10.1. The second-order valence-corrected chi connectivity index (χ2v) is 5.85. The Balaban J connectivity index is 2.03. The summed E-state index contributed by atoms with van der Waals surface area (Å²) in [6, 6.07) is 8.13. The van der Waals surface area contributed by atoms with Crippen molar-refractivity contribution in [3.63, 3.8) is 0 Å². The molecule has 28 heavy (non-hydrogen) atoms. The second-order valence-electron chi connectivity index (χ2n) is 5.85. The molecule has 0 spiro atoms. The molecule has 0 aliphatic carbocycles. The molecule has 0 heterocycles. The van der Waals surface area contributed by atoms with Gasteiger partial charge in [-0.15, -0.1) is 0 Å². The van der Waals surface area contributed by atoms with Gasteiger partial charge in [0, 0.05) is 0 Å². The van der Waals surface area contributed by atoms with Gasteiger partial charge in [-0.1, -0.05) is 6.07 Å². The van der Waals surface area contributed by atoms with Crippen LogP contribution in [0.3, 0.4) is 0 Å². The predicted molar refractivity (Wildman–Crippen MR) is 103 cm³/mol. The van der Waals surface area contributed by atoms with Crippen LogP contribution in [0.15, 0.2) is 35.4 Å². The first-order valence-corrected chi connectivity index (χ1v) is 8.28. The van der Waals surface area contributed by atoms with Crippen LogP contribution in [0.1, 0.15) is 16.7 Å². The number of aryl methyl sites for hydroxylation is 2. The summed E-state index contributed by atoms with van der Waals surface area (Å²) in [6.07, 6.45) is 1.16. The normalized spacial score (nSPS) is 10.6. The summed E-state index contributed by atoms with van der Waals surface area (Å²) in [5.41, 5.74) is 4.36. The Morgan fingerprint density at radius 3 is 2.43 bits per heavy atom.